The molecule has 0 bridgehead atoms. The molecule has 0 amide bonds. The van der Waals surface area contributed by atoms with Gasteiger partial charge < -0.3 is 0 Å². The summed E-state index contributed by atoms with van der Waals surface area (Å²) in [5.74, 6) is 1.03. The van der Waals surface area contributed by atoms with Crippen molar-refractivity contribution in [1.29, 1.82) is 0 Å². The zero-order valence-corrected chi connectivity index (χ0v) is 7.60. The van der Waals surface area contributed by atoms with Crippen molar-refractivity contribution < 1.29 is 4.79 Å². The first-order chi connectivity index (χ1) is 5.16. The van der Waals surface area contributed by atoms with Crippen LogP contribution in [-0.2, 0) is 4.79 Å². The lowest BCUT2D eigenvalue weighted by Gasteiger charge is -2.01. The van der Waals surface area contributed by atoms with Gasteiger partial charge in [0.05, 0.1) is 0 Å². The zero-order chi connectivity index (χ0) is 8.69. The third-order valence-corrected chi connectivity index (χ3v) is 1.61. The van der Waals surface area contributed by atoms with Crippen LogP contribution in [0.2, 0.25) is 0 Å². The topological polar surface area (TPSA) is 17.1 Å². The van der Waals surface area contributed by atoms with E-state index < -0.39 is 0 Å². The zero-order valence-electron chi connectivity index (χ0n) is 7.60. The predicted octanol–water partition coefficient (Wildman–Crippen LogP) is 2.96. The number of hydrogen-bond acceptors (Lipinski definition) is 1. The predicted molar refractivity (Wildman–Crippen MR) is 48.5 cm³/mol. The van der Waals surface area contributed by atoms with E-state index in [1.54, 1.807) is 6.08 Å². The quantitative estimate of drug-likeness (QED) is 0.537. The average molecular weight is 154 g/mol. The van der Waals surface area contributed by atoms with Crippen LogP contribution in [0.3, 0.4) is 0 Å². The Labute approximate surface area is 69.5 Å². The Morgan fingerprint density at radius 1 is 1.55 bits per heavy atom. The molecular formula is C10H18O. The van der Waals surface area contributed by atoms with Crippen LogP contribution in [0.4, 0.5) is 0 Å². The van der Waals surface area contributed by atoms with Gasteiger partial charge in [-0.15, -0.1) is 6.58 Å². The van der Waals surface area contributed by atoms with Gasteiger partial charge in [0.15, 0.2) is 0 Å². The SMILES string of the molecule is C=CCC(=O)CCCC(C)C. The molecule has 0 aliphatic rings. The molecule has 0 aliphatic heterocycles. The number of carbonyl (C=O) groups excluding carboxylic acids is 1. The minimum Gasteiger partial charge on any atom is -0.299 e. The first-order valence-electron chi connectivity index (χ1n) is 4.29. The second kappa shape index (κ2) is 6.14. The molecule has 0 spiro atoms. The maximum absolute atomic E-state index is 11.0. The summed E-state index contributed by atoms with van der Waals surface area (Å²) in [6.45, 7) is 7.88. The number of hydrogen-bond donors (Lipinski definition) is 0. The second-order valence-corrected chi connectivity index (χ2v) is 3.32. The molecule has 0 saturated carbocycles. The Kier molecular flexibility index (Phi) is 5.81. The number of carbonyl (C=O) groups is 1. The summed E-state index contributed by atoms with van der Waals surface area (Å²) < 4.78 is 0. The molecule has 0 aromatic heterocycles. The molecule has 1 nitrogen and oxygen atoms in total. The van der Waals surface area contributed by atoms with Crippen molar-refractivity contribution in [3.8, 4) is 0 Å². The van der Waals surface area contributed by atoms with E-state index in [1.807, 2.05) is 0 Å². The first kappa shape index (κ1) is 10.4. The maximum Gasteiger partial charge on any atom is 0.136 e. The monoisotopic (exact) mass is 154 g/mol. The summed E-state index contributed by atoms with van der Waals surface area (Å²) in [5, 5.41) is 0. The minimum atomic E-state index is 0.320. The van der Waals surface area contributed by atoms with Crippen LogP contribution in [-0.4, -0.2) is 5.78 Å². The highest BCUT2D eigenvalue weighted by Crippen LogP contribution is 2.07. The van der Waals surface area contributed by atoms with E-state index in [4.69, 9.17) is 0 Å². The largest absolute Gasteiger partial charge is 0.299 e. The van der Waals surface area contributed by atoms with Gasteiger partial charge >= 0.3 is 0 Å². The average Bonchev–Trinajstić information content (AvgIpc) is 1.87. The molecule has 0 fully saturated rings. The Morgan fingerprint density at radius 3 is 2.64 bits per heavy atom. The summed E-state index contributed by atoms with van der Waals surface area (Å²) in [5.41, 5.74) is 0. The molecule has 0 aromatic carbocycles. The smallest absolute Gasteiger partial charge is 0.136 e. The first-order valence-corrected chi connectivity index (χ1v) is 4.29. The van der Waals surface area contributed by atoms with E-state index in [0.717, 1.165) is 19.3 Å². The van der Waals surface area contributed by atoms with Gasteiger partial charge in [0.2, 0.25) is 0 Å². The van der Waals surface area contributed by atoms with Gasteiger partial charge in [0, 0.05) is 12.8 Å². The number of ketones is 1. The van der Waals surface area contributed by atoms with Crippen molar-refractivity contribution in [1.82, 2.24) is 0 Å². The molecular weight excluding hydrogens is 136 g/mol. The van der Waals surface area contributed by atoms with E-state index in [2.05, 4.69) is 20.4 Å². The molecule has 64 valence electrons. The molecule has 0 N–H and O–H groups in total. The van der Waals surface area contributed by atoms with Crippen LogP contribution in [0.1, 0.15) is 39.5 Å². The lowest BCUT2D eigenvalue weighted by Crippen LogP contribution is -1.96. The summed E-state index contributed by atoms with van der Waals surface area (Å²) in [4.78, 5) is 11.0. The summed E-state index contributed by atoms with van der Waals surface area (Å²) in [6, 6.07) is 0. The van der Waals surface area contributed by atoms with Crippen molar-refractivity contribution in [3.05, 3.63) is 12.7 Å². The van der Waals surface area contributed by atoms with Crippen molar-refractivity contribution in [2.24, 2.45) is 5.92 Å². The van der Waals surface area contributed by atoms with Gasteiger partial charge in [-0.1, -0.05) is 26.3 Å². The van der Waals surface area contributed by atoms with E-state index in [1.165, 1.54) is 0 Å². The summed E-state index contributed by atoms with van der Waals surface area (Å²) in [7, 11) is 0. The number of allylic oxidation sites excluding steroid dienone is 1. The van der Waals surface area contributed by atoms with Crippen LogP contribution in [0.25, 0.3) is 0 Å². The van der Waals surface area contributed by atoms with Crippen LogP contribution in [0, 0.1) is 5.92 Å². The number of rotatable bonds is 6. The van der Waals surface area contributed by atoms with Gasteiger partial charge in [0.25, 0.3) is 0 Å². The van der Waals surface area contributed by atoms with Crippen LogP contribution >= 0.6 is 0 Å². The highest BCUT2D eigenvalue weighted by atomic mass is 16.1. The fraction of sp³-hybridized carbons (Fsp3) is 0.700. The fourth-order valence-electron chi connectivity index (χ4n) is 0.971. The molecule has 0 aliphatic carbocycles. The van der Waals surface area contributed by atoms with Gasteiger partial charge in [-0.25, -0.2) is 0 Å². The van der Waals surface area contributed by atoms with E-state index in [-0.39, 0.29) is 0 Å². The van der Waals surface area contributed by atoms with Crippen molar-refractivity contribution in [2.45, 2.75) is 39.5 Å². The summed E-state index contributed by atoms with van der Waals surface area (Å²) in [6.07, 6.45) is 5.13. The Hall–Kier alpha value is -0.590. The normalized spacial score (nSPS) is 10.1. The highest BCUT2D eigenvalue weighted by Gasteiger charge is 1.99. The van der Waals surface area contributed by atoms with Crippen LogP contribution in [0.5, 0.6) is 0 Å². The molecule has 0 aromatic rings. The van der Waals surface area contributed by atoms with E-state index >= 15 is 0 Å². The molecule has 11 heavy (non-hydrogen) atoms. The third kappa shape index (κ3) is 7.31. The maximum atomic E-state index is 11.0. The van der Waals surface area contributed by atoms with Crippen LogP contribution < -0.4 is 0 Å². The standard InChI is InChI=1S/C10H18O/c1-4-6-10(11)8-5-7-9(2)3/h4,9H,1,5-8H2,2-3H3. The minimum absolute atomic E-state index is 0.320. The molecule has 0 saturated heterocycles. The third-order valence-electron chi connectivity index (χ3n) is 1.61. The van der Waals surface area contributed by atoms with E-state index in [9.17, 15) is 4.79 Å². The molecule has 0 unspecified atom stereocenters. The van der Waals surface area contributed by atoms with Crippen molar-refractivity contribution >= 4 is 5.78 Å². The lowest BCUT2D eigenvalue weighted by atomic mass is 10.0. The Balaban J connectivity index is 3.24. The van der Waals surface area contributed by atoms with Gasteiger partial charge in [0.1, 0.15) is 5.78 Å². The number of Topliss-reactive ketones (excluding diaryl/α,β-unsaturated/α-hetero) is 1. The molecule has 0 heterocycles. The van der Waals surface area contributed by atoms with E-state index in [0.29, 0.717) is 18.1 Å². The molecule has 0 rings (SSSR count). The lowest BCUT2D eigenvalue weighted by molar-refractivity contribution is -0.118. The molecule has 0 radical (unpaired) electrons. The second-order valence-electron chi connectivity index (χ2n) is 3.32. The molecule has 1 heteroatoms. The van der Waals surface area contributed by atoms with Gasteiger partial charge in [-0.2, -0.15) is 0 Å². The highest BCUT2D eigenvalue weighted by molar-refractivity contribution is 5.79. The van der Waals surface area contributed by atoms with Crippen molar-refractivity contribution in [2.75, 3.05) is 0 Å². The molecule has 0 atom stereocenters. The van der Waals surface area contributed by atoms with Crippen molar-refractivity contribution in [3.63, 3.8) is 0 Å². The van der Waals surface area contributed by atoms with Gasteiger partial charge in [-0.3, -0.25) is 4.79 Å². The Morgan fingerprint density at radius 2 is 2.18 bits per heavy atom. The fourth-order valence-corrected chi connectivity index (χ4v) is 0.971. The van der Waals surface area contributed by atoms with Gasteiger partial charge in [-0.05, 0) is 12.3 Å². The van der Waals surface area contributed by atoms with Crippen LogP contribution in [0.15, 0.2) is 12.7 Å². The Bertz CT molecular complexity index is 125. The summed E-state index contributed by atoms with van der Waals surface area (Å²) >= 11 is 0.